The number of aryl methyl sites for hydroxylation is 3. The largest absolute Gasteiger partial charge is 0.371 e. The van der Waals surface area contributed by atoms with Crippen LogP contribution < -0.4 is 4.90 Å². The average molecular weight is 393 g/mol. The molecule has 0 atom stereocenters. The number of anilines is 1. The van der Waals surface area contributed by atoms with Gasteiger partial charge in [-0.05, 0) is 67.3 Å². The Labute approximate surface area is 175 Å². The summed E-state index contributed by atoms with van der Waals surface area (Å²) in [5.41, 5.74) is 7.81. The molecule has 0 spiro atoms. The minimum absolute atomic E-state index is 0. The van der Waals surface area contributed by atoms with Crippen molar-refractivity contribution in [2.75, 3.05) is 18.0 Å². The second-order valence-corrected chi connectivity index (χ2v) is 7.57. The van der Waals surface area contributed by atoms with Crippen LogP contribution in [-0.4, -0.2) is 18.1 Å². The zero-order valence-electron chi connectivity index (χ0n) is 16.6. The van der Waals surface area contributed by atoms with E-state index in [1.807, 2.05) is 0 Å². The normalized spacial score (nSPS) is 13.8. The highest BCUT2D eigenvalue weighted by atomic mass is 35.5. The molecule has 0 bridgehead atoms. The first kappa shape index (κ1) is 20.4. The van der Waals surface area contributed by atoms with E-state index < -0.39 is 0 Å². The third-order valence-corrected chi connectivity index (χ3v) is 5.56. The predicted octanol–water partition coefficient (Wildman–Crippen LogP) is 6.25. The molecule has 1 aromatic heterocycles. The SMILES string of the molecule is Cc1cnc(CCc2ccc(-c3ccccc3)cc2)cc1N1CCCCC1.Cl. The number of benzene rings is 2. The minimum atomic E-state index is 0. The van der Waals surface area contributed by atoms with Gasteiger partial charge in [-0.1, -0.05) is 54.6 Å². The lowest BCUT2D eigenvalue weighted by molar-refractivity contribution is 0.576. The summed E-state index contributed by atoms with van der Waals surface area (Å²) in [6, 6.07) is 21.8. The van der Waals surface area contributed by atoms with E-state index in [-0.39, 0.29) is 12.4 Å². The Bertz CT molecular complexity index is 869. The van der Waals surface area contributed by atoms with Crippen molar-refractivity contribution in [2.45, 2.75) is 39.0 Å². The van der Waals surface area contributed by atoms with Gasteiger partial charge in [0, 0.05) is 30.7 Å². The fourth-order valence-electron chi connectivity index (χ4n) is 3.93. The average Bonchev–Trinajstić information content (AvgIpc) is 2.75. The van der Waals surface area contributed by atoms with Crippen LogP contribution in [-0.2, 0) is 12.8 Å². The molecule has 1 saturated heterocycles. The number of pyridine rings is 1. The quantitative estimate of drug-likeness (QED) is 0.509. The number of hydrogen-bond acceptors (Lipinski definition) is 2. The summed E-state index contributed by atoms with van der Waals surface area (Å²) in [4.78, 5) is 7.23. The minimum Gasteiger partial charge on any atom is -0.371 e. The van der Waals surface area contributed by atoms with E-state index in [0.717, 1.165) is 12.8 Å². The van der Waals surface area contributed by atoms with Gasteiger partial charge in [0.2, 0.25) is 0 Å². The molecule has 2 heterocycles. The van der Waals surface area contributed by atoms with Gasteiger partial charge in [0.15, 0.2) is 0 Å². The van der Waals surface area contributed by atoms with Gasteiger partial charge in [-0.25, -0.2) is 0 Å². The maximum atomic E-state index is 4.69. The summed E-state index contributed by atoms with van der Waals surface area (Å²) < 4.78 is 0. The molecule has 3 heteroatoms. The number of aromatic nitrogens is 1. The molecule has 0 aliphatic carbocycles. The topological polar surface area (TPSA) is 16.1 Å². The third kappa shape index (κ3) is 4.94. The zero-order chi connectivity index (χ0) is 18.5. The van der Waals surface area contributed by atoms with Gasteiger partial charge in [0.1, 0.15) is 0 Å². The molecule has 1 aliphatic heterocycles. The Morgan fingerprint density at radius 2 is 1.50 bits per heavy atom. The Balaban J connectivity index is 0.00000225. The Morgan fingerprint density at radius 1 is 0.821 bits per heavy atom. The van der Waals surface area contributed by atoms with Crippen LogP contribution >= 0.6 is 12.4 Å². The van der Waals surface area contributed by atoms with E-state index in [1.54, 1.807) is 0 Å². The number of hydrogen-bond donors (Lipinski definition) is 0. The molecule has 1 fully saturated rings. The van der Waals surface area contributed by atoms with E-state index in [9.17, 15) is 0 Å². The van der Waals surface area contributed by atoms with Crippen molar-refractivity contribution in [3.05, 3.63) is 83.7 Å². The van der Waals surface area contributed by atoms with Gasteiger partial charge >= 0.3 is 0 Å². The number of rotatable bonds is 5. The van der Waals surface area contributed by atoms with Crippen LogP contribution in [0.2, 0.25) is 0 Å². The van der Waals surface area contributed by atoms with Gasteiger partial charge in [0.05, 0.1) is 0 Å². The lowest BCUT2D eigenvalue weighted by Crippen LogP contribution is -2.30. The first-order valence-electron chi connectivity index (χ1n) is 10.1. The van der Waals surface area contributed by atoms with Crippen molar-refractivity contribution in [1.82, 2.24) is 4.98 Å². The second kappa shape index (κ2) is 9.75. The van der Waals surface area contributed by atoms with Crippen molar-refractivity contribution in [1.29, 1.82) is 0 Å². The molecule has 146 valence electrons. The van der Waals surface area contributed by atoms with Crippen molar-refractivity contribution in [3.63, 3.8) is 0 Å². The van der Waals surface area contributed by atoms with Crippen LogP contribution in [0.25, 0.3) is 11.1 Å². The van der Waals surface area contributed by atoms with Crippen LogP contribution in [0.1, 0.15) is 36.1 Å². The molecule has 0 radical (unpaired) electrons. The molecule has 0 N–H and O–H groups in total. The van der Waals surface area contributed by atoms with Crippen molar-refractivity contribution < 1.29 is 0 Å². The Morgan fingerprint density at radius 3 is 2.21 bits per heavy atom. The fraction of sp³-hybridized carbons (Fsp3) is 0.320. The lowest BCUT2D eigenvalue weighted by Gasteiger charge is -2.30. The first-order valence-corrected chi connectivity index (χ1v) is 10.1. The molecule has 1 aliphatic rings. The van der Waals surface area contributed by atoms with E-state index in [1.165, 1.54) is 66.0 Å². The van der Waals surface area contributed by atoms with Gasteiger partial charge in [-0.2, -0.15) is 0 Å². The van der Waals surface area contributed by atoms with E-state index >= 15 is 0 Å². The summed E-state index contributed by atoms with van der Waals surface area (Å²) in [5.74, 6) is 0. The highest BCUT2D eigenvalue weighted by molar-refractivity contribution is 5.85. The van der Waals surface area contributed by atoms with Crippen molar-refractivity contribution in [3.8, 4) is 11.1 Å². The second-order valence-electron chi connectivity index (χ2n) is 7.57. The van der Waals surface area contributed by atoms with Gasteiger partial charge in [-0.15, -0.1) is 12.4 Å². The molecule has 3 aromatic rings. The van der Waals surface area contributed by atoms with Crippen LogP contribution in [0, 0.1) is 6.92 Å². The summed E-state index contributed by atoms with van der Waals surface area (Å²) in [5, 5.41) is 0. The van der Waals surface area contributed by atoms with Gasteiger partial charge in [0.25, 0.3) is 0 Å². The van der Waals surface area contributed by atoms with Crippen LogP contribution in [0.15, 0.2) is 66.9 Å². The molecule has 2 nitrogen and oxygen atoms in total. The highest BCUT2D eigenvalue weighted by Gasteiger charge is 2.14. The van der Waals surface area contributed by atoms with Gasteiger partial charge in [-0.3, -0.25) is 4.98 Å². The standard InChI is InChI=1S/C25H28N2.ClH/c1-20-19-26-24(18-25(20)27-16-6-3-7-17-27)15-12-21-10-13-23(14-11-21)22-8-4-2-5-9-22;/h2,4-5,8-11,13-14,18-19H,3,6-7,12,15-17H2,1H3;1H. The lowest BCUT2D eigenvalue weighted by atomic mass is 10.0. The zero-order valence-corrected chi connectivity index (χ0v) is 17.4. The molecular weight excluding hydrogens is 364 g/mol. The van der Waals surface area contributed by atoms with Crippen LogP contribution in [0.4, 0.5) is 5.69 Å². The summed E-state index contributed by atoms with van der Waals surface area (Å²) in [6.07, 6.45) is 8.07. The molecule has 0 amide bonds. The first-order chi connectivity index (χ1) is 13.3. The van der Waals surface area contributed by atoms with Crippen LogP contribution in [0.5, 0.6) is 0 Å². The summed E-state index contributed by atoms with van der Waals surface area (Å²) >= 11 is 0. The monoisotopic (exact) mass is 392 g/mol. The molecule has 4 rings (SSSR count). The van der Waals surface area contributed by atoms with Crippen molar-refractivity contribution >= 4 is 18.1 Å². The molecule has 28 heavy (non-hydrogen) atoms. The highest BCUT2D eigenvalue weighted by Crippen LogP contribution is 2.25. The maximum absolute atomic E-state index is 4.69. The van der Waals surface area contributed by atoms with E-state index in [2.05, 4.69) is 83.7 Å². The van der Waals surface area contributed by atoms with Gasteiger partial charge < -0.3 is 4.90 Å². The maximum Gasteiger partial charge on any atom is 0.0429 e. The van der Waals surface area contributed by atoms with Crippen molar-refractivity contribution in [2.24, 2.45) is 0 Å². The molecule has 0 saturated carbocycles. The summed E-state index contributed by atoms with van der Waals surface area (Å²) in [7, 11) is 0. The Hall–Kier alpha value is -2.32. The third-order valence-electron chi connectivity index (χ3n) is 5.56. The van der Waals surface area contributed by atoms with Crippen LogP contribution in [0.3, 0.4) is 0 Å². The van der Waals surface area contributed by atoms with E-state index in [4.69, 9.17) is 0 Å². The number of piperidine rings is 1. The van der Waals surface area contributed by atoms with E-state index in [0.29, 0.717) is 0 Å². The Kier molecular flexibility index (Phi) is 7.11. The number of halogens is 1. The molecule has 2 aromatic carbocycles. The summed E-state index contributed by atoms with van der Waals surface area (Å²) in [6.45, 7) is 4.56. The molecule has 0 unspecified atom stereocenters. The predicted molar refractivity (Wildman–Crippen MR) is 122 cm³/mol. The number of nitrogens with zero attached hydrogens (tertiary/aromatic N) is 2. The fourth-order valence-corrected chi connectivity index (χ4v) is 3.93. The molecular formula is C25H29ClN2. The smallest absolute Gasteiger partial charge is 0.0429 e.